The highest BCUT2D eigenvalue weighted by Crippen LogP contribution is 2.33. The zero-order valence-electron chi connectivity index (χ0n) is 17.5. The van der Waals surface area contributed by atoms with E-state index in [-0.39, 0.29) is 5.91 Å². The van der Waals surface area contributed by atoms with Gasteiger partial charge < -0.3 is 10.6 Å². The summed E-state index contributed by atoms with van der Waals surface area (Å²) in [5.74, 6) is 0.410. The summed E-state index contributed by atoms with van der Waals surface area (Å²) in [6.07, 6.45) is 3.96. The number of carbonyl (C=O) groups is 1. The van der Waals surface area contributed by atoms with Crippen LogP contribution in [0.4, 0.5) is 10.8 Å². The Labute approximate surface area is 185 Å². The van der Waals surface area contributed by atoms with Crippen LogP contribution < -0.4 is 10.6 Å². The van der Waals surface area contributed by atoms with E-state index >= 15 is 0 Å². The lowest BCUT2D eigenvalue weighted by Crippen LogP contribution is -2.34. The number of rotatable bonds is 7. The van der Waals surface area contributed by atoms with Crippen LogP contribution in [0.15, 0.2) is 65.5 Å². The smallest absolute Gasteiger partial charge is 0.223 e. The molecule has 1 aromatic heterocycles. The maximum Gasteiger partial charge on any atom is 0.223 e. The molecule has 0 atom stereocenters. The average Bonchev–Trinajstić information content (AvgIpc) is 3.18. The van der Waals surface area contributed by atoms with Gasteiger partial charge >= 0.3 is 0 Å². The number of aromatic nitrogens is 1. The van der Waals surface area contributed by atoms with Crippen molar-refractivity contribution in [2.45, 2.75) is 25.7 Å². The number of amides is 1. The monoisotopic (exact) mass is 434 g/mol. The molecule has 0 saturated carbocycles. The van der Waals surface area contributed by atoms with Crippen LogP contribution in [0.3, 0.4) is 0 Å². The predicted octanol–water partition coefficient (Wildman–Crippen LogP) is 5.42. The first kappa shape index (κ1) is 21.1. The van der Waals surface area contributed by atoms with Gasteiger partial charge in [-0.05, 0) is 61.7 Å². The average molecular weight is 435 g/mol. The van der Waals surface area contributed by atoms with Gasteiger partial charge in [-0.25, -0.2) is 10.5 Å². The van der Waals surface area contributed by atoms with E-state index in [1.165, 1.54) is 23.8 Å². The van der Waals surface area contributed by atoms with E-state index < -0.39 is 0 Å². The molecule has 0 radical (unpaired) electrons. The summed E-state index contributed by atoms with van der Waals surface area (Å²) in [6, 6.07) is 16.3. The van der Waals surface area contributed by atoms with Gasteiger partial charge in [-0.3, -0.25) is 9.69 Å². The van der Waals surface area contributed by atoms with Gasteiger partial charge in [-0.15, -0.1) is 0 Å². The normalized spacial score (nSPS) is 15.7. The highest BCUT2D eigenvalue weighted by Gasteiger charge is 2.22. The molecule has 1 amide bonds. The van der Waals surface area contributed by atoms with Crippen molar-refractivity contribution in [3.05, 3.63) is 66.0 Å². The standard InChI is InChI=1S/C23H26N6OS/c1-16(30)26-23-27-21-8-7-18(13-22(21)31-23)17-9-11-29(12-10-17)15-20(28-24)14-25-19-5-3-2-4-6-19/h2-8,13-14,17,24-25H,9-12,15H2,1H3,(H,26,27,30)/b20-14-,28-24?. The fourth-order valence-electron chi connectivity index (χ4n) is 3.87. The van der Waals surface area contributed by atoms with Crippen LogP contribution in [0.2, 0.25) is 0 Å². The maximum atomic E-state index is 11.3. The Morgan fingerprint density at radius 3 is 2.74 bits per heavy atom. The molecule has 1 saturated heterocycles. The maximum absolute atomic E-state index is 11.3. The first-order valence-corrected chi connectivity index (χ1v) is 11.2. The lowest BCUT2D eigenvalue weighted by molar-refractivity contribution is -0.114. The van der Waals surface area contributed by atoms with E-state index in [0.29, 0.717) is 17.6 Å². The minimum absolute atomic E-state index is 0.0987. The van der Waals surface area contributed by atoms with E-state index in [1.807, 2.05) is 42.6 Å². The molecule has 2 heterocycles. The molecule has 160 valence electrons. The second-order valence-corrected chi connectivity index (χ2v) is 8.77. The van der Waals surface area contributed by atoms with Crippen molar-refractivity contribution in [3.8, 4) is 0 Å². The molecule has 1 aliphatic rings. The molecule has 8 heteroatoms. The van der Waals surface area contributed by atoms with Crippen LogP contribution in [0, 0.1) is 5.53 Å². The Morgan fingerprint density at radius 1 is 1.26 bits per heavy atom. The fourth-order valence-corrected chi connectivity index (χ4v) is 4.83. The summed E-state index contributed by atoms with van der Waals surface area (Å²) < 4.78 is 1.11. The Hall–Kier alpha value is -3.10. The van der Waals surface area contributed by atoms with Gasteiger partial charge in [0, 0.05) is 25.4 Å². The van der Waals surface area contributed by atoms with Crippen LogP contribution in [-0.4, -0.2) is 35.4 Å². The van der Waals surface area contributed by atoms with Crippen LogP contribution in [-0.2, 0) is 4.79 Å². The zero-order chi connectivity index (χ0) is 21.6. The van der Waals surface area contributed by atoms with Crippen molar-refractivity contribution in [2.75, 3.05) is 30.3 Å². The SMILES string of the molecule is CC(=O)Nc1nc2ccc(C3CCN(C/C(=C/Nc4ccccc4)N=N)CC3)cc2s1. The second-order valence-electron chi connectivity index (χ2n) is 7.74. The van der Waals surface area contributed by atoms with Gasteiger partial charge in [0.2, 0.25) is 5.91 Å². The summed E-state index contributed by atoms with van der Waals surface area (Å²) in [5.41, 5.74) is 11.5. The zero-order valence-corrected chi connectivity index (χ0v) is 18.3. The molecule has 1 aliphatic heterocycles. The summed E-state index contributed by atoms with van der Waals surface area (Å²) in [5, 5.41) is 10.3. The molecule has 4 rings (SSSR count). The number of nitrogens with zero attached hydrogens (tertiary/aromatic N) is 3. The van der Waals surface area contributed by atoms with E-state index in [0.717, 1.165) is 47.5 Å². The van der Waals surface area contributed by atoms with E-state index in [2.05, 4.69) is 37.8 Å². The highest BCUT2D eigenvalue weighted by molar-refractivity contribution is 7.22. The van der Waals surface area contributed by atoms with Crippen LogP contribution >= 0.6 is 11.3 Å². The third-order valence-corrected chi connectivity index (χ3v) is 6.40. The molecule has 1 fully saturated rings. The van der Waals surface area contributed by atoms with Crippen molar-refractivity contribution in [1.82, 2.24) is 9.88 Å². The summed E-state index contributed by atoms with van der Waals surface area (Å²) >= 11 is 1.52. The third kappa shape index (κ3) is 5.53. The number of carbonyl (C=O) groups excluding carboxylic acids is 1. The molecular weight excluding hydrogens is 408 g/mol. The highest BCUT2D eigenvalue weighted by atomic mass is 32.1. The van der Waals surface area contributed by atoms with E-state index in [9.17, 15) is 4.79 Å². The number of anilines is 2. The molecule has 0 bridgehead atoms. The van der Waals surface area contributed by atoms with E-state index in [1.54, 1.807) is 0 Å². The lowest BCUT2D eigenvalue weighted by Gasteiger charge is -2.32. The molecule has 7 nitrogen and oxygen atoms in total. The lowest BCUT2D eigenvalue weighted by atomic mass is 9.89. The van der Waals surface area contributed by atoms with Crippen molar-refractivity contribution >= 4 is 38.3 Å². The van der Waals surface area contributed by atoms with Gasteiger partial charge in [-0.2, -0.15) is 5.11 Å². The molecule has 0 aliphatic carbocycles. The van der Waals surface area contributed by atoms with Gasteiger partial charge in [0.25, 0.3) is 0 Å². The second kappa shape index (κ2) is 9.80. The molecule has 2 aromatic carbocycles. The van der Waals surface area contributed by atoms with Gasteiger partial charge in [-0.1, -0.05) is 35.6 Å². The number of benzene rings is 2. The van der Waals surface area contributed by atoms with Gasteiger partial charge in [0.15, 0.2) is 5.13 Å². The van der Waals surface area contributed by atoms with Crippen molar-refractivity contribution in [3.63, 3.8) is 0 Å². The predicted molar refractivity (Wildman–Crippen MR) is 126 cm³/mol. The van der Waals surface area contributed by atoms with Gasteiger partial charge in [0.1, 0.15) is 0 Å². The topological polar surface area (TPSA) is 93.5 Å². The van der Waals surface area contributed by atoms with E-state index in [4.69, 9.17) is 5.53 Å². The Balaban J connectivity index is 1.34. The number of piperidine rings is 1. The molecular formula is C23H26N6OS. The first-order valence-electron chi connectivity index (χ1n) is 10.4. The summed E-state index contributed by atoms with van der Waals surface area (Å²) in [4.78, 5) is 18.1. The minimum atomic E-state index is -0.0987. The largest absolute Gasteiger partial charge is 0.360 e. The minimum Gasteiger partial charge on any atom is -0.360 e. The Kier molecular flexibility index (Phi) is 6.69. The molecule has 0 unspecified atom stereocenters. The third-order valence-electron chi connectivity index (χ3n) is 5.46. The first-order chi connectivity index (χ1) is 15.1. The number of likely N-dealkylation sites (tertiary alicyclic amines) is 1. The van der Waals surface area contributed by atoms with Gasteiger partial charge in [0.05, 0.1) is 15.9 Å². The van der Waals surface area contributed by atoms with Crippen LogP contribution in [0.1, 0.15) is 31.2 Å². The quantitative estimate of drug-likeness (QED) is 0.433. The number of para-hydroxylation sites is 1. The number of hydrogen-bond acceptors (Lipinski definition) is 7. The summed E-state index contributed by atoms with van der Waals surface area (Å²) in [7, 11) is 0. The number of hydrogen-bond donors (Lipinski definition) is 3. The summed E-state index contributed by atoms with van der Waals surface area (Å²) in [6.45, 7) is 4.11. The molecule has 3 aromatic rings. The molecule has 3 N–H and O–H groups in total. The van der Waals surface area contributed by atoms with Crippen LogP contribution in [0.25, 0.3) is 10.2 Å². The van der Waals surface area contributed by atoms with Crippen molar-refractivity contribution < 1.29 is 4.79 Å². The number of fused-ring (bicyclic) bond motifs is 1. The molecule has 31 heavy (non-hydrogen) atoms. The van der Waals surface area contributed by atoms with Crippen LogP contribution in [0.5, 0.6) is 0 Å². The Morgan fingerprint density at radius 2 is 2.03 bits per heavy atom. The van der Waals surface area contributed by atoms with Crippen molar-refractivity contribution in [1.29, 1.82) is 5.53 Å². The van der Waals surface area contributed by atoms with Crippen molar-refractivity contribution in [2.24, 2.45) is 5.11 Å². The molecule has 0 spiro atoms. The fraction of sp³-hybridized carbons (Fsp3) is 0.304. The number of thiazole rings is 1. The Bertz CT molecular complexity index is 1090. The number of nitrogens with one attached hydrogen (secondary N) is 3.